The van der Waals surface area contributed by atoms with E-state index in [0.29, 0.717) is 12.8 Å². The van der Waals surface area contributed by atoms with Crippen LogP contribution in [0, 0.1) is 0 Å². The molecule has 1 amide bonds. The molecule has 1 aliphatic rings. The summed E-state index contributed by atoms with van der Waals surface area (Å²) in [6.07, 6.45) is 0.954. The molecule has 104 valence electrons. The van der Waals surface area contributed by atoms with Crippen molar-refractivity contribution in [1.29, 1.82) is 0 Å². The lowest BCUT2D eigenvalue weighted by molar-refractivity contribution is -0.121. The first-order valence-corrected chi connectivity index (χ1v) is 7.79. The van der Waals surface area contributed by atoms with Crippen molar-refractivity contribution in [2.45, 2.75) is 23.1 Å². The zero-order chi connectivity index (χ0) is 14.2. The van der Waals surface area contributed by atoms with Gasteiger partial charge in [-0.1, -0.05) is 0 Å². The number of primary amides is 1. The van der Waals surface area contributed by atoms with Crippen LogP contribution in [0.15, 0.2) is 15.7 Å². The molecule has 1 aliphatic heterocycles. The van der Waals surface area contributed by atoms with Crippen molar-refractivity contribution in [3.8, 4) is 0 Å². The molecule has 3 N–H and O–H groups in total. The summed E-state index contributed by atoms with van der Waals surface area (Å²) in [7, 11) is -3.86. The first-order chi connectivity index (χ1) is 8.84. The van der Waals surface area contributed by atoms with Gasteiger partial charge in [-0.2, -0.15) is 4.31 Å². The van der Waals surface area contributed by atoms with Crippen molar-refractivity contribution in [2.75, 3.05) is 6.54 Å². The summed E-state index contributed by atoms with van der Waals surface area (Å²) in [5, 5.41) is 10.0. The van der Waals surface area contributed by atoms with Gasteiger partial charge in [-0.15, -0.1) is 11.3 Å². The number of nitrogens with two attached hydrogens (primary N) is 1. The SMILES string of the molecule is NC(=O)C1CCCN1S(=O)(=O)c1cc(C(=O)O)cs1. The minimum absolute atomic E-state index is 0.0848. The Morgan fingerprint density at radius 2 is 2.16 bits per heavy atom. The highest BCUT2D eigenvalue weighted by atomic mass is 32.2. The molecule has 2 rings (SSSR count). The lowest BCUT2D eigenvalue weighted by Gasteiger charge is -2.20. The van der Waals surface area contributed by atoms with Crippen molar-refractivity contribution in [2.24, 2.45) is 5.73 Å². The Kier molecular flexibility index (Phi) is 3.61. The number of hydrogen-bond donors (Lipinski definition) is 2. The van der Waals surface area contributed by atoms with Crippen LogP contribution in [0.25, 0.3) is 0 Å². The average molecular weight is 304 g/mol. The Balaban J connectivity index is 2.36. The minimum Gasteiger partial charge on any atom is -0.478 e. The summed E-state index contributed by atoms with van der Waals surface area (Å²) < 4.78 is 25.6. The third-order valence-electron chi connectivity index (χ3n) is 2.92. The Morgan fingerprint density at radius 1 is 1.47 bits per heavy atom. The molecule has 19 heavy (non-hydrogen) atoms. The summed E-state index contributed by atoms with van der Waals surface area (Å²) in [5.74, 6) is -1.87. The van der Waals surface area contributed by atoms with Crippen LogP contribution in [0.2, 0.25) is 0 Å². The van der Waals surface area contributed by atoms with E-state index in [4.69, 9.17) is 10.8 Å². The van der Waals surface area contributed by atoms with Gasteiger partial charge < -0.3 is 10.8 Å². The summed E-state index contributed by atoms with van der Waals surface area (Å²) in [6, 6.07) is 0.249. The van der Waals surface area contributed by atoms with Gasteiger partial charge in [0, 0.05) is 11.9 Å². The normalized spacial score (nSPS) is 20.5. The molecule has 1 unspecified atom stereocenters. The molecule has 7 nitrogen and oxygen atoms in total. The van der Waals surface area contributed by atoms with Gasteiger partial charge in [0.1, 0.15) is 10.3 Å². The van der Waals surface area contributed by atoms with E-state index in [1.54, 1.807) is 0 Å². The first-order valence-electron chi connectivity index (χ1n) is 5.47. The van der Waals surface area contributed by atoms with E-state index in [9.17, 15) is 18.0 Å². The number of rotatable bonds is 4. The van der Waals surface area contributed by atoms with Crippen LogP contribution in [0.3, 0.4) is 0 Å². The van der Waals surface area contributed by atoms with E-state index in [1.807, 2.05) is 0 Å². The summed E-state index contributed by atoms with van der Waals surface area (Å²) in [6.45, 7) is 0.218. The highest BCUT2D eigenvalue weighted by Gasteiger charge is 2.39. The average Bonchev–Trinajstić information content (AvgIpc) is 2.98. The van der Waals surface area contributed by atoms with Gasteiger partial charge in [0.2, 0.25) is 5.91 Å². The van der Waals surface area contributed by atoms with E-state index < -0.39 is 27.9 Å². The number of carbonyl (C=O) groups is 2. The molecule has 1 aromatic heterocycles. The number of thiophene rings is 1. The van der Waals surface area contributed by atoms with Crippen molar-refractivity contribution < 1.29 is 23.1 Å². The topological polar surface area (TPSA) is 118 Å². The fourth-order valence-corrected chi connectivity index (χ4v) is 4.94. The van der Waals surface area contributed by atoms with Crippen LogP contribution >= 0.6 is 11.3 Å². The maximum absolute atomic E-state index is 12.3. The van der Waals surface area contributed by atoms with Crippen molar-refractivity contribution >= 4 is 33.2 Å². The molecule has 1 atom stereocenters. The lowest BCUT2D eigenvalue weighted by Crippen LogP contribution is -2.43. The summed E-state index contributed by atoms with van der Waals surface area (Å²) >= 11 is 0.823. The number of carboxylic acids is 1. The number of sulfonamides is 1. The molecule has 0 bridgehead atoms. The second-order valence-corrected chi connectivity index (χ2v) is 7.16. The first kappa shape index (κ1) is 14.0. The highest BCUT2D eigenvalue weighted by Crippen LogP contribution is 2.29. The fourth-order valence-electron chi connectivity index (χ4n) is 1.99. The van der Waals surface area contributed by atoms with E-state index in [-0.39, 0.29) is 16.3 Å². The highest BCUT2D eigenvalue weighted by molar-refractivity contribution is 7.91. The number of aromatic carboxylic acids is 1. The molecule has 0 saturated carbocycles. The van der Waals surface area contributed by atoms with Crippen LogP contribution < -0.4 is 5.73 Å². The van der Waals surface area contributed by atoms with E-state index in [2.05, 4.69) is 0 Å². The molecule has 0 spiro atoms. The van der Waals surface area contributed by atoms with Crippen LogP contribution in [-0.4, -0.2) is 42.3 Å². The Labute approximate surface area is 113 Å². The third-order valence-corrected chi connectivity index (χ3v) is 6.24. The van der Waals surface area contributed by atoms with Crippen LogP contribution in [-0.2, 0) is 14.8 Å². The van der Waals surface area contributed by atoms with Gasteiger partial charge in [0.25, 0.3) is 10.0 Å². The van der Waals surface area contributed by atoms with Crippen LogP contribution in [0.4, 0.5) is 0 Å². The fraction of sp³-hybridized carbons (Fsp3) is 0.400. The van der Waals surface area contributed by atoms with Gasteiger partial charge in [-0.25, -0.2) is 13.2 Å². The number of carboxylic acid groups (broad SMARTS) is 1. The van der Waals surface area contributed by atoms with Gasteiger partial charge in [-0.05, 0) is 18.9 Å². The maximum atomic E-state index is 12.3. The quantitative estimate of drug-likeness (QED) is 0.817. The number of amides is 1. The van der Waals surface area contributed by atoms with Crippen LogP contribution in [0.5, 0.6) is 0 Å². The Bertz CT molecular complexity index is 622. The molecule has 0 radical (unpaired) electrons. The second kappa shape index (κ2) is 4.91. The van der Waals surface area contributed by atoms with Crippen molar-refractivity contribution in [1.82, 2.24) is 4.31 Å². The number of carbonyl (C=O) groups excluding carboxylic acids is 1. The Hall–Kier alpha value is -1.45. The minimum atomic E-state index is -3.86. The predicted molar refractivity (Wildman–Crippen MR) is 67.4 cm³/mol. The zero-order valence-corrected chi connectivity index (χ0v) is 11.4. The number of hydrogen-bond acceptors (Lipinski definition) is 5. The lowest BCUT2D eigenvalue weighted by atomic mass is 10.2. The van der Waals surface area contributed by atoms with Crippen molar-refractivity contribution in [3.05, 3.63) is 17.0 Å². The van der Waals surface area contributed by atoms with Crippen molar-refractivity contribution in [3.63, 3.8) is 0 Å². The van der Waals surface area contributed by atoms with E-state index in [0.717, 1.165) is 21.7 Å². The van der Waals surface area contributed by atoms with E-state index in [1.165, 1.54) is 5.38 Å². The Morgan fingerprint density at radius 3 is 2.68 bits per heavy atom. The largest absolute Gasteiger partial charge is 0.478 e. The molecule has 0 aliphatic carbocycles. The monoisotopic (exact) mass is 304 g/mol. The molecule has 0 aromatic carbocycles. The van der Waals surface area contributed by atoms with Gasteiger partial charge in [0.15, 0.2) is 0 Å². The third kappa shape index (κ3) is 2.48. The maximum Gasteiger partial charge on any atom is 0.336 e. The van der Waals surface area contributed by atoms with E-state index >= 15 is 0 Å². The molecule has 9 heteroatoms. The summed E-state index contributed by atoms with van der Waals surface area (Å²) in [4.78, 5) is 22.0. The van der Waals surface area contributed by atoms with Gasteiger partial charge in [-0.3, -0.25) is 4.79 Å². The molecule has 1 aromatic rings. The molecule has 1 saturated heterocycles. The predicted octanol–water partition coefficient (Wildman–Crippen LogP) is 0.0847. The molecule has 2 heterocycles. The zero-order valence-electron chi connectivity index (χ0n) is 9.77. The smallest absolute Gasteiger partial charge is 0.336 e. The number of nitrogens with zero attached hydrogens (tertiary/aromatic N) is 1. The second-order valence-electron chi connectivity index (χ2n) is 4.14. The van der Waals surface area contributed by atoms with Gasteiger partial charge in [0.05, 0.1) is 5.56 Å². The van der Waals surface area contributed by atoms with Gasteiger partial charge >= 0.3 is 5.97 Å². The standard InChI is InChI=1S/C10H12N2O5S2/c11-9(13)7-2-1-3-12(7)19(16,17)8-4-6(5-18-8)10(14)15/h4-5,7H,1-3H2,(H2,11,13)(H,14,15). The molecule has 1 fully saturated rings. The molecular formula is C10H12N2O5S2. The van der Waals surface area contributed by atoms with Crippen LogP contribution in [0.1, 0.15) is 23.2 Å². The summed E-state index contributed by atoms with van der Waals surface area (Å²) in [5.41, 5.74) is 5.10. The molecular weight excluding hydrogens is 292 g/mol.